The third-order valence-corrected chi connectivity index (χ3v) is 6.27. The van der Waals surface area contributed by atoms with Crippen molar-refractivity contribution in [3.8, 4) is 16.9 Å². The van der Waals surface area contributed by atoms with Crippen molar-refractivity contribution < 1.29 is 19.0 Å². The normalized spacial score (nSPS) is 11.1. The van der Waals surface area contributed by atoms with E-state index in [4.69, 9.17) is 19.2 Å². The molecule has 0 unspecified atom stereocenters. The number of ether oxygens (including phenoxy) is 3. The fourth-order valence-electron chi connectivity index (χ4n) is 3.72. The van der Waals surface area contributed by atoms with Crippen LogP contribution in [0.3, 0.4) is 0 Å². The molecule has 0 bridgehead atoms. The highest BCUT2D eigenvalue weighted by atomic mass is 32.1. The largest absolute Gasteiger partial charge is 0.496 e. The summed E-state index contributed by atoms with van der Waals surface area (Å²) in [5.41, 5.74) is 2.78. The van der Waals surface area contributed by atoms with E-state index in [1.54, 1.807) is 18.8 Å². The van der Waals surface area contributed by atoms with E-state index < -0.39 is 0 Å². The molecular weight excluding hydrogens is 416 g/mol. The second-order valence-corrected chi connectivity index (χ2v) is 8.51. The van der Waals surface area contributed by atoms with Crippen molar-refractivity contribution in [1.29, 1.82) is 0 Å². The van der Waals surface area contributed by atoms with E-state index in [1.165, 1.54) is 18.4 Å². The van der Waals surface area contributed by atoms with Crippen molar-refractivity contribution in [3.05, 3.63) is 44.8 Å². The molecule has 0 atom stereocenters. The number of rotatable bonds is 9. The molecule has 8 heteroatoms. The monoisotopic (exact) mass is 444 g/mol. The Morgan fingerprint density at radius 1 is 1.19 bits per heavy atom. The number of hydrogen-bond donors (Lipinski definition) is 0. The maximum absolute atomic E-state index is 13.6. The van der Waals surface area contributed by atoms with Crippen LogP contribution in [0.15, 0.2) is 23.0 Å². The van der Waals surface area contributed by atoms with E-state index in [2.05, 4.69) is 0 Å². The van der Waals surface area contributed by atoms with Gasteiger partial charge in [-0.1, -0.05) is 6.07 Å². The quantitative estimate of drug-likeness (QED) is 0.466. The first-order valence-corrected chi connectivity index (χ1v) is 11.0. The minimum Gasteiger partial charge on any atom is -0.496 e. The molecule has 0 saturated carbocycles. The van der Waals surface area contributed by atoms with Crippen LogP contribution in [0, 0.1) is 13.8 Å². The van der Waals surface area contributed by atoms with Gasteiger partial charge >= 0.3 is 5.97 Å². The van der Waals surface area contributed by atoms with Gasteiger partial charge in [-0.2, -0.15) is 0 Å². The van der Waals surface area contributed by atoms with Gasteiger partial charge in [0.05, 0.1) is 26.2 Å². The minimum absolute atomic E-state index is 0.0891. The van der Waals surface area contributed by atoms with Gasteiger partial charge < -0.3 is 14.2 Å². The molecule has 0 fully saturated rings. The van der Waals surface area contributed by atoms with Crippen LogP contribution in [-0.2, 0) is 27.2 Å². The number of hydrogen-bond acceptors (Lipinski definition) is 7. The average molecular weight is 445 g/mol. The average Bonchev–Trinajstić information content (AvgIpc) is 3.09. The van der Waals surface area contributed by atoms with Gasteiger partial charge in [0.1, 0.15) is 16.4 Å². The Kier molecular flexibility index (Phi) is 7.46. The number of esters is 1. The molecule has 0 aliphatic carbocycles. The molecule has 2 heterocycles. The first kappa shape index (κ1) is 23.0. The highest BCUT2D eigenvalue weighted by Gasteiger charge is 2.20. The molecule has 0 aliphatic rings. The third-order valence-electron chi connectivity index (χ3n) is 5.27. The van der Waals surface area contributed by atoms with Crippen LogP contribution in [-0.4, -0.2) is 43.5 Å². The summed E-state index contributed by atoms with van der Waals surface area (Å²) in [6, 6.07) is 5.93. The zero-order chi connectivity index (χ0) is 22.5. The van der Waals surface area contributed by atoms with Gasteiger partial charge in [0.25, 0.3) is 5.56 Å². The summed E-state index contributed by atoms with van der Waals surface area (Å²) in [5.74, 6) is 1.19. The van der Waals surface area contributed by atoms with E-state index in [-0.39, 0.29) is 17.9 Å². The summed E-state index contributed by atoms with van der Waals surface area (Å²) in [6.07, 6.45) is 1.27. The Morgan fingerprint density at radius 3 is 2.61 bits per heavy atom. The summed E-state index contributed by atoms with van der Waals surface area (Å²) in [5, 5.41) is 0.617. The molecule has 2 aromatic heterocycles. The third kappa shape index (κ3) is 4.80. The number of fused-ring (bicyclic) bond motifs is 1. The molecule has 0 spiro atoms. The Balaban J connectivity index is 2.14. The second-order valence-electron chi connectivity index (χ2n) is 7.31. The fraction of sp³-hybridized carbons (Fsp3) is 0.435. The van der Waals surface area contributed by atoms with Gasteiger partial charge in [0.15, 0.2) is 0 Å². The number of benzene rings is 1. The zero-order valence-corrected chi connectivity index (χ0v) is 19.4. The summed E-state index contributed by atoms with van der Waals surface area (Å²) in [7, 11) is 4.63. The maximum atomic E-state index is 13.6. The van der Waals surface area contributed by atoms with E-state index in [0.717, 1.165) is 32.1 Å². The lowest BCUT2D eigenvalue weighted by molar-refractivity contribution is -0.140. The van der Waals surface area contributed by atoms with Crippen LogP contribution < -0.4 is 10.3 Å². The van der Waals surface area contributed by atoms with Gasteiger partial charge in [-0.25, -0.2) is 4.98 Å². The van der Waals surface area contributed by atoms with Gasteiger partial charge in [-0.3, -0.25) is 14.2 Å². The summed E-state index contributed by atoms with van der Waals surface area (Å²) < 4.78 is 17.0. The molecule has 1 aromatic carbocycles. The first-order valence-electron chi connectivity index (χ1n) is 10.1. The maximum Gasteiger partial charge on any atom is 0.305 e. The molecule has 0 saturated heterocycles. The molecule has 166 valence electrons. The fourth-order valence-corrected chi connectivity index (χ4v) is 4.77. The number of carbonyl (C=O) groups is 1. The van der Waals surface area contributed by atoms with Crippen LogP contribution in [0.25, 0.3) is 21.3 Å². The van der Waals surface area contributed by atoms with Crippen molar-refractivity contribution in [2.75, 3.05) is 27.9 Å². The van der Waals surface area contributed by atoms with Crippen LogP contribution in [0.4, 0.5) is 0 Å². The van der Waals surface area contributed by atoms with Gasteiger partial charge in [-0.05, 0) is 43.5 Å². The molecule has 3 aromatic rings. The number of aromatic nitrogens is 2. The predicted octanol–water partition coefficient (Wildman–Crippen LogP) is 3.89. The summed E-state index contributed by atoms with van der Waals surface area (Å²) in [6.45, 7) is 4.85. The van der Waals surface area contributed by atoms with E-state index in [1.807, 2.05) is 32.0 Å². The van der Waals surface area contributed by atoms with E-state index in [0.29, 0.717) is 37.2 Å². The molecule has 0 radical (unpaired) electrons. The Labute approximate surface area is 185 Å². The van der Waals surface area contributed by atoms with Crippen molar-refractivity contribution in [3.63, 3.8) is 0 Å². The van der Waals surface area contributed by atoms with Crippen molar-refractivity contribution >= 4 is 27.5 Å². The number of nitrogens with zero attached hydrogens (tertiary/aromatic N) is 2. The van der Waals surface area contributed by atoms with Crippen LogP contribution in [0.5, 0.6) is 5.75 Å². The van der Waals surface area contributed by atoms with Gasteiger partial charge in [0.2, 0.25) is 0 Å². The molecule has 3 rings (SSSR count). The molecule has 7 nitrogen and oxygen atoms in total. The summed E-state index contributed by atoms with van der Waals surface area (Å²) in [4.78, 5) is 31.7. The highest BCUT2D eigenvalue weighted by Crippen LogP contribution is 2.37. The number of aryl methyl sites for hydroxylation is 2. The van der Waals surface area contributed by atoms with E-state index >= 15 is 0 Å². The molecule has 0 aliphatic heterocycles. The predicted molar refractivity (Wildman–Crippen MR) is 122 cm³/mol. The lowest BCUT2D eigenvalue weighted by Crippen LogP contribution is -2.26. The Hall–Kier alpha value is -2.71. The van der Waals surface area contributed by atoms with Crippen molar-refractivity contribution in [1.82, 2.24) is 9.55 Å². The van der Waals surface area contributed by atoms with Crippen LogP contribution in [0.2, 0.25) is 0 Å². The zero-order valence-electron chi connectivity index (χ0n) is 18.6. The molecule has 0 amide bonds. The Morgan fingerprint density at radius 2 is 1.97 bits per heavy atom. The number of carbonyl (C=O) groups excluding carboxylic acids is 1. The lowest BCUT2D eigenvalue weighted by Gasteiger charge is -2.13. The number of thiophene rings is 1. The Bertz CT molecular complexity index is 1150. The molecule has 0 N–H and O–H groups in total. The minimum atomic E-state index is -0.290. The van der Waals surface area contributed by atoms with Crippen molar-refractivity contribution in [2.45, 2.75) is 39.7 Å². The van der Waals surface area contributed by atoms with Gasteiger partial charge in [0, 0.05) is 36.9 Å². The highest BCUT2D eigenvalue weighted by molar-refractivity contribution is 7.19. The van der Waals surface area contributed by atoms with Gasteiger partial charge in [-0.15, -0.1) is 11.3 Å². The SMILES string of the molecule is COCCc1nc2sc(C)c(-c3ccc(OC)c(C)c3)c2c(=O)n1CCCC(=O)OC. The second kappa shape index (κ2) is 10.1. The number of methoxy groups -OCH3 is 3. The van der Waals surface area contributed by atoms with Crippen molar-refractivity contribution in [2.24, 2.45) is 0 Å². The smallest absolute Gasteiger partial charge is 0.305 e. The van der Waals surface area contributed by atoms with Crippen LogP contribution in [0.1, 0.15) is 29.1 Å². The molecular formula is C23H28N2O5S. The topological polar surface area (TPSA) is 79.7 Å². The molecule has 31 heavy (non-hydrogen) atoms. The lowest BCUT2D eigenvalue weighted by atomic mass is 10.0. The van der Waals surface area contributed by atoms with E-state index in [9.17, 15) is 9.59 Å². The first-order chi connectivity index (χ1) is 14.9. The van der Waals surface area contributed by atoms with Crippen LogP contribution >= 0.6 is 11.3 Å². The summed E-state index contributed by atoms with van der Waals surface area (Å²) >= 11 is 1.52. The standard InChI is InChI=1S/C23H28N2O5S/c1-14-13-16(8-9-17(14)29-4)20-15(2)31-22-21(20)23(27)25(11-6-7-19(26)30-5)18(24-22)10-12-28-3/h8-9,13H,6-7,10-12H2,1-5H3.